The van der Waals surface area contributed by atoms with E-state index in [0.717, 1.165) is 18.5 Å². The molecule has 0 aromatic carbocycles. The van der Waals surface area contributed by atoms with Crippen LogP contribution < -0.4 is 11.1 Å². The summed E-state index contributed by atoms with van der Waals surface area (Å²) in [6.07, 6.45) is 4.35. The van der Waals surface area contributed by atoms with Gasteiger partial charge in [0.05, 0.1) is 18.8 Å². The van der Waals surface area contributed by atoms with E-state index in [2.05, 4.69) is 23.8 Å². The van der Waals surface area contributed by atoms with Crippen molar-refractivity contribution >= 4 is 29.9 Å². The normalized spacial score (nSPS) is 34.2. The molecule has 0 amide bonds. The number of halogens is 1. The van der Waals surface area contributed by atoms with Crippen LogP contribution in [0.2, 0.25) is 0 Å². The summed E-state index contributed by atoms with van der Waals surface area (Å²) in [5.74, 6) is 0.511. The summed E-state index contributed by atoms with van der Waals surface area (Å²) in [6, 6.07) is 0. The smallest absolute Gasteiger partial charge is 0.188 e. The van der Waals surface area contributed by atoms with Gasteiger partial charge >= 0.3 is 0 Å². The van der Waals surface area contributed by atoms with Crippen molar-refractivity contribution in [2.24, 2.45) is 16.1 Å². The number of ether oxygens (including phenoxy) is 1. The summed E-state index contributed by atoms with van der Waals surface area (Å²) in [7, 11) is 0. The predicted octanol–water partition coefficient (Wildman–Crippen LogP) is 2.04. The van der Waals surface area contributed by atoms with Crippen LogP contribution in [0.4, 0.5) is 0 Å². The van der Waals surface area contributed by atoms with Gasteiger partial charge in [0.25, 0.3) is 0 Å². The van der Waals surface area contributed by atoms with Gasteiger partial charge in [-0.05, 0) is 26.2 Å². The maximum atomic E-state index is 5.87. The Labute approximate surface area is 126 Å². The number of hydrogen-bond acceptors (Lipinski definition) is 2. The third-order valence-corrected chi connectivity index (χ3v) is 3.76. The average Bonchev–Trinajstić information content (AvgIpc) is 2.83. The molecule has 2 fully saturated rings. The second-order valence-electron chi connectivity index (χ2n) is 5.69. The maximum absolute atomic E-state index is 5.87. The average molecular weight is 365 g/mol. The molecule has 4 nitrogen and oxygen atoms in total. The molecule has 2 saturated heterocycles. The molecule has 0 spiro atoms. The summed E-state index contributed by atoms with van der Waals surface area (Å²) in [4.78, 5) is 4.43. The zero-order valence-electron chi connectivity index (χ0n) is 11.2. The SMILES string of the molecule is C=C(C)CNC(N)=NCC1(C)CC2CCC1O2.I. The molecule has 0 aliphatic carbocycles. The summed E-state index contributed by atoms with van der Waals surface area (Å²) >= 11 is 0. The van der Waals surface area contributed by atoms with E-state index in [1.165, 1.54) is 12.8 Å². The van der Waals surface area contributed by atoms with Crippen molar-refractivity contribution in [1.82, 2.24) is 5.32 Å². The van der Waals surface area contributed by atoms with Gasteiger partial charge in [-0.25, -0.2) is 0 Å². The minimum absolute atomic E-state index is 0. The van der Waals surface area contributed by atoms with Crippen LogP contribution in [-0.2, 0) is 4.74 Å². The highest BCUT2D eigenvalue weighted by Crippen LogP contribution is 2.47. The van der Waals surface area contributed by atoms with E-state index in [-0.39, 0.29) is 29.4 Å². The molecule has 2 aliphatic heterocycles. The summed E-state index contributed by atoms with van der Waals surface area (Å²) in [5, 5.41) is 3.05. The number of fused-ring (bicyclic) bond motifs is 2. The molecular formula is C13H24IN3O. The molecule has 2 heterocycles. The fraction of sp³-hybridized carbons (Fsp3) is 0.769. The van der Waals surface area contributed by atoms with Crippen molar-refractivity contribution in [2.75, 3.05) is 13.1 Å². The van der Waals surface area contributed by atoms with E-state index in [9.17, 15) is 0 Å². The van der Waals surface area contributed by atoms with Crippen LogP contribution in [0.3, 0.4) is 0 Å². The maximum Gasteiger partial charge on any atom is 0.188 e. The van der Waals surface area contributed by atoms with Gasteiger partial charge in [-0.15, -0.1) is 24.0 Å². The van der Waals surface area contributed by atoms with Crippen LogP contribution >= 0.6 is 24.0 Å². The van der Waals surface area contributed by atoms with Crippen LogP contribution in [0.15, 0.2) is 17.1 Å². The van der Waals surface area contributed by atoms with Crippen LogP contribution in [0.1, 0.15) is 33.1 Å². The molecular weight excluding hydrogens is 341 g/mol. The fourth-order valence-corrected chi connectivity index (χ4v) is 2.75. The van der Waals surface area contributed by atoms with Crippen molar-refractivity contribution in [2.45, 2.75) is 45.3 Å². The topological polar surface area (TPSA) is 59.6 Å². The number of hydrogen-bond donors (Lipinski definition) is 2. The van der Waals surface area contributed by atoms with Gasteiger partial charge in [0.1, 0.15) is 0 Å². The van der Waals surface area contributed by atoms with Gasteiger partial charge in [-0.3, -0.25) is 4.99 Å². The molecule has 3 N–H and O–H groups in total. The van der Waals surface area contributed by atoms with Crippen molar-refractivity contribution in [3.8, 4) is 0 Å². The molecule has 2 rings (SSSR count). The van der Waals surface area contributed by atoms with Gasteiger partial charge in [0.2, 0.25) is 0 Å². The first kappa shape index (κ1) is 15.8. The zero-order valence-corrected chi connectivity index (χ0v) is 13.6. The molecule has 3 atom stereocenters. The Bertz CT molecular complexity index is 345. The molecule has 0 aromatic rings. The van der Waals surface area contributed by atoms with Crippen LogP contribution in [0, 0.1) is 5.41 Å². The predicted molar refractivity (Wildman–Crippen MR) is 85.3 cm³/mol. The number of nitrogens with one attached hydrogen (secondary N) is 1. The number of nitrogens with two attached hydrogens (primary N) is 1. The first-order chi connectivity index (χ1) is 7.99. The second-order valence-corrected chi connectivity index (χ2v) is 5.69. The molecule has 2 bridgehead atoms. The number of rotatable bonds is 4. The highest BCUT2D eigenvalue weighted by molar-refractivity contribution is 14.0. The third-order valence-electron chi connectivity index (χ3n) is 3.76. The first-order valence-electron chi connectivity index (χ1n) is 6.33. The molecule has 18 heavy (non-hydrogen) atoms. The van der Waals surface area contributed by atoms with Crippen molar-refractivity contribution in [3.63, 3.8) is 0 Å². The molecule has 2 aliphatic rings. The van der Waals surface area contributed by atoms with Crippen molar-refractivity contribution in [1.29, 1.82) is 0 Å². The Hall–Kier alpha value is -0.300. The zero-order chi connectivity index (χ0) is 12.5. The van der Waals surface area contributed by atoms with Crippen LogP contribution in [0.5, 0.6) is 0 Å². The Morgan fingerprint density at radius 1 is 1.56 bits per heavy atom. The monoisotopic (exact) mass is 365 g/mol. The van der Waals surface area contributed by atoms with Crippen molar-refractivity contribution in [3.05, 3.63) is 12.2 Å². The first-order valence-corrected chi connectivity index (χ1v) is 6.33. The molecule has 0 aromatic heterocycles. The minimum Gasteiger partial charge on any atom is -0.374 e. The summed E-state index contributed by atoms with van der Waals surface area (Å²) in [5.41, 5.74) is 7.05. The molecule has 3 unspecified atom stereocenters. The highest BCUT2D eigenvalue weighted by Gasteiger charge is 2.49. The van der Waals surface area contributed by atoms with Crippen LogP contribution in [0.25, 0.3) is 0 Å². The Morgan fingerprint density at radius 2 is 2.28 bits per heavy atom. The van der Waals surface area contributed by atoms with Gasteiger partial charge in [-0.2, -0.15) is 0 Å². The van der Waals surface area contributed by atoms with Crippen LogP contribution in [-0.4, -0.2) is 31.3 Å². The Kier molecular flexibility index (Phi) is 5.46. The lowest BCUT2D eigenvalue weighted by molar-refractivity contribution is 0.0706. The van der Waals surface area contributed by atoms with E-state index in [1.807, 2.05) is 6.92 Å². The Morgan fingerprint density at radius 3 is 2.78 bits per heavy atom. The Balaban J connectivity index is 0.00000162. The standard InChI is InChI=1S/C13H23N3O.HI/c1-9(2)7-15-12(14)16-8-13(3)6-10-4-5-11(13)17-10;/h10-11H,1,4-8H2,2-3H3,(H3,14,15,16);1H. The highest BCUT2D eigenvalue weighted by atomic mass is 127. The van der Waals surface area contributed by atoms with E-state index >= 15 is 0 Å². The summed E-state index contributed by atoms with van der Waals surface area (Å²) in [6.45, 7) is 9.48. The molecule has 5 heteroatoms. The number of aliphatic imine (C=N–C) groups is 1. The molecule has 0 radical (unpaired) electrons. The van der Waals surface area contributed by atoms with Crippen molar-refractivity contribution < 1.29 is 4.74 Å². The second kappa shape index (κ2) is 6.23. The number of nitrogens with zero attached hydrogens (tertiary/aromatic N) is 1. The summed E-state index contributed by atoms with van der Waals surface area (Å²) < 4.78 is 5.87. The van der Waals surface area contributed by atoms with E-state index in [4.69, 9.17) is 10.5 Å². The van der Waals surface area contributed by atoms with Gasteiger partial charge in [0.15, 0.2) is 5.96 Å². The lowest BCUT2D eigenvalue weighted by Crippen LogP contribution is -2.37. The quantitative estimate of drug-likeness (QED) is 0.347. The van der Waals surface area contributed by atoms with Gasteiger partial charge in [0, 0.05) is 12.0 Å². The molecule has 0 saturated carbocycles. The van der Waals surface area contributed by atoms with E-state index in [0.29, 0.717) is 24.7 Å². The lowest BCUT2D eigenvalue weighted by atomic mass is 9.76. The van der Waals surface area contributed by atoms with E-state index < -0.39 is 0 Å². The van der Waals surface area contributed by atoms with Gasteiger partial charge in [-0.1, -0.05) is 19.1 Å². The minimum atomic E-state index is 0. The molecule has 104 valence electrons. The van der Waals surface area contributed by atoms with Gasteiger partial charge < -0.3 is 15.8 Å². The largest absolute Gasteiger partial charge is 0.374 e. The third kappa shape index (κ3) is 3.60. The number of guanidine groups is 1. The van der Waals surface area contributed by atoms with E-state index in [1.54, 1.807) is 0 Å². The lowest BCUT2D eigenvalue weighted by Gasteiger charge is -2.29. The fourth-order valence-electron chi connectivity index (χ4n) is 2.75.